The second-order valence-electron chi connectivity index (χ2n) is 7.51. The number of amides is 1. The van der Waals surface area contributed by atoms with Crippen LogP contribution in [0.3, 0.4) is 0 Å². The lowest BCUT2D eigenvalue weighted by molar-refractivity contribution is -0.143. The van der Waals surface area contributed by atoms with E-state index in [0.29, 0.717) is 44.6 Å². The summed E-state index contributed by atoms with van der Waals surface area (Å²) in [7, 11) is 0. The number of ether oxygens (including phenoxy) is 2. The second-order valence-corrected chi connectivity index (χ2v) is 10.0. The molecule has 0 radical (unpaired) electrons. The van der Waals surface area contributed by atoms with Gasteiger partial charge in [-0.15, -0.1) is 0 Å². The molecule has 1 heterocycles. The molecule has 9 heteroatoms. The lowest BCUT2D eigenvalue weighted by atomic mass is 10.1. The number of thioether (sulfide) groups is 1. The number of halogens is 2. The van der Waals surface area contributed by atoms with Crippen LogP contribution in [0.25, 0.3) is 6.08 Å². The highest BCUT2D eigenvalue weighted by molar-refractivity contribution is 8.26. The Labute approximate surface area is 219 Å². The number of benzene rings is 2. The Kier molecular flexibility index (Phi) is 10.3. The minimum atomic E-state index is -0.185. The van der Waals surface area contributed by atoms with Crippen molar-refractivity contribution in [2.45, 2.75) is 39.2 Å². The monoisotopic (exact) mass is 537 g/mol. The molecule has 5 nitrogen and oxygen atoms in total. The van der Waals surface area contributed by atoms with Gasteiger partial charge in [-0.25, -0.2) is 0 Å². The number of hydrogen-bond donors (Lipinski definition) is 0. The van der Waals surface area contributed by atoms with Crippen LogP contribution in [-0.2, 0) is 20.9 Å². The lowest BCUT2D eigenvalue weighted by Gasteiger charge is -2.14. The van der Waals surface area contributed by atoms with Crippen molar-refractivity contribution in [1.82, 2.24) is 4.90 Å². The van der Waals surface area contributed by atoms with E-state index in [0.717, 1.165) is 30.4 Å². The predicted octanol–water partition coefficient (Wildman–Crippen LogP) is 6.90. The number of hydrogen-bond acceptors (Lipinski definition) is 6. The van der Waals surface area contributed by atoms with Gasteiger partial charge >= 0.3 is 5.97 Å². The maximum atomic E-state index is 12.9. The highest BCUT2D eigenvalue weighted by Crippen LogP contribution is 2.35. The Morgan fingerprint density at radius 1 is 1.15 bits per heavy atom. The van der Waals surface area contributed by atoms with E-state index in [1.165, 1.54) is 11.8 Å². The Morgan fingerprint density at radius 2 is 1.94 bits per heavy atom. The van der Waals surface area contributed by atoms with Crippen molar-refractivity contribution < 1.29 is 19.1 Å². The molecule has 0 aliphatic carbocycles. The van der Waals surface area contributed by atoms with Gasteiger partial charge in [0.05, 0.1) is 11.5 Å². The van der Waals surface area contributed by atoms with Gasteiger partial charge in [-0.05, 0) is 44.0 Å². The molecular formula is C25H25Cl2NO4S2. The minimum Gasteiger partial charge on any atom is -0.488 e. The van der Waals surface area contributed by atoms with Gasteiger partial charge in [0.1, 0.15) is 16.7 Å². The fourth-order valence-electron chi connectivity index (χ4n) is 3.31. The topological polar surface area (TPSA) is 55.8 Å². The standard InChI is InChI=1S/C25H25Cl2NO4S2/c1-2-31-23(29)10-4-3-7-13-28-24(30)22(34-25(28)33)14-17-8-5-6-9-21(17)32-16-18-11-12-19(26)15-20(18)27/h5-6,8-9,11-12,14-15H,2-4,7,10,13,16H2,1H3/b22-14+. The maximum absolute atomic E-state index is 12.9. The number of unbranched alkanes of at least 4 members (excludes halogenated alkanes) is 2. The van der Waals surface area contributed by atoms with E-state index in [4.69, 9.17) is 44.9 Å². The molecule has 0 atom stereocenters. The maximum Gasteiger partial charge on any atom is 0.305 e. The molecule has 1 fully saturated rings. The zero-order valence-electron chi connectivity index (χ0n) is 18.7. The molecule has 1 aliphatic rings. The molecule has 34 heavy (non-hydrogen) atoms. The van der Waals surface area contributed by atoms with E-state index in [9.17, 15) is 9.59 Å². The van der Waals surface area contributed by atoms with Gasteiger partial charge in [0.2, 0.25) is 0 Å². The van der Waals surface area contributed by atoms with Crippen molar-refractivity contribution in [3.63, 3.8) is 0 Å². The third kappa shape index (κ3) is 7.47. The molecule has 1 aliphatic heterocycles. The largest absolute Gasteiger partial charge is 0.488 e. The zero-order chi connectivity index (χ0) is 24.5. The van der Waals surface area contributed by atoms with E-state index in [-0.39, 0.29) is 18.5 Å². The molecule has 180 valence electrons. The normalized spacial score (nSPS) is 14.7. The highest BCUT2D eigenvalue weighted by Gasteiger charge is 2.31. The van der Waals surface area contributed by atoms with Crippen molar-refractivity contribution >= 4 is 69.5 Å². The molecule has 2 aromatic rings. The Morgan fingerprint density at radius 3 is 2.71 bits per heavy atom. The first-order chi connectivity index (χ1) is 16.4. The quantitative estimate of drug-likeness (QED) is 0.134. The number of rotatable bonds is 11. The van der Waals surface area contributed by atoms with Gasteiger partial charge < -0.3 is 9.47 Å². The van der Waals surface area contributed by atoms with Gasteiger partial charge in [0.25, 0.3) is 5.91 Å². The number of carbonyl (C=O) groups excluding carboxylic acids is 2. The fraction of sp³-hybridized carbons (Fsp3) is 0.320. The van der Waals surface area contributed by atoms with Crippen LogP contribution >= 0.6 is 47.2 Å². The Hall–Kier alpha value is -2.06. The summed E-state index contributed by atoms with van der Waals surface area (Å²) in [5.74, 6) is 0.337. The third-order valence-electron chi connectivity index (χ3n) is 5.05. The van der Waals surface area contributed by atoms with E-state index < -0.39 is 0 Å². The van der Waals surface area contributed by atoms with Crippen LogP contribution in [-0.4, -0.2) is 34.2 Å². The van der Waals surface area contributed by atoms with Crippen LogP contribution in [0.1, 0.15) is 43.7 Å². The van der Waals surface area contributed by atoms with Gasteiger partial charge in [-0.3, -0.25) is 14.5 Å². The number of thiocarbonyl (C=S) groups is 1. The first-order valence-electron chi connectivity index (χ1n) is 11.0. The van der Waals surface area contributed by atoms with Crippen molar-refractivity contribution in [3.8, 4) is 5.75 Å². The molecule has 2 aromatic carbocycles. The molecule has 0 N–H and O–H groups in total. The molecule has 0 saturated carbocycles. The van der Waals surface area contributed by atoms with Gasteiger partial charge in [-0.2, -0.15) is 0 Å². The van der Waals surface area contributed by atoms with Crippen LogP contribution < -0.4 is 4.74 Å². The number of nitrogens with zero attached hydrogens (tertiary/aromatic N) is 1. The molecule has 3 rings (SSSR count). The predicted molar refractivity (Wildman–Crippen MR) is 142 cm³/mol. The van der Waals surface area contributed by atoms with Crippen molar-refractivity contribution in [2.75, 3.05) is 13.2 Å². The lowest BCUT2D eigenvalue weighted by Crippen LogP contribution is -2.29. The van der Waals surface area contributed by atoms with E-state index >= 15 is 0 Å². The summed E-state index contributed by atoms with van der Waals surface area (Å²) in [5, 5.41) is 1.10. The molecule has 0 spiro atoms. The molecule has 0 aromatic heterocycles. The Bertz CT molecular complexity index is 1090. The molecule has 0 unspecified atom stereocenters. The van der Waals surface area contributed by atoms with Gasteiger partial charge in [0.15, 0.2) is 0 Å². The second kappa shape index (κ2) is 13.1. The summed E-state index contributed by atoms with van der Waals surface area (Å²) in [4.78, 5) is 26.5. The minimum absolute atomic E-state index is 0.115. The van der Waals surface area contributed by atoms with Crippen LogP contribution in [0.5, 0.6) is 5.75 Å². The zero-order valence-corrected chi connectivity index (χ0v) is 21.9. The van der Waals surface area contributed by atoms with E-state index in [1.54, 1.807) is 30.0 Å². The summed E-state index contributed by atoms with van der Waals surface area (Å²) >= 11 is 18.9. The van der Waals surface area contributed by atoms with Gasteiger partial charge in [-0.1, -0.05) is 77.9 Å². The fourth-order valence-corrected chi connectivity index (χ4v) is 5.07. The average Bonchev–Trinajstić information content (AvgIpc) is 3.06. The summed E-state index contributed by atoms with van der Waals surface area (Å²) in [6.45, 7) is 2.98. The summed E-state index contributed by atoms with van der Waals surface area (Å²) < 4.78 is 11.5. The van der Waals surface area contributed by atoms with E-state index in [2.05, 4.69) is 0 Å². The van der Waals surface area contributed by atoms with Crippen LogP contribution in [0.4, 0.5) is 0 Å². The first kappa shape index (κ1) is 26.5. The van der Waals surface area contributed by atoms with E-state index in [1.807, 2.05) is 30.3 Å². The summed E-state index contributed by atoms with van der Waals surface area (Å²) in [6.07, 6.45) is 4.51. The first-order valence-corrected chi connectivity index (χ1v) is 12.9. The van der Waals surface area contributed by atoms with Gasteiger partial charge in [0, 0.05) is 34.1 Å². The third-order valence-corrected chi connectivity index (χ3v) is 7.01. The summed E-state index contributed by atoms with van der Waals surface area (Å²) in [5.41, 5.74) is 1.60. The number of para-hydroxylation sites is 1. The van der Waals surface area contributed by atoms with Crippen LogP contribution in [0.15, 0.2) is 47.4 Å². The van der Waals surface area contributed by atoms with Crippen molar-refractivity contribution in [3.05, 3.63) is 68.5 Å². The number of carbonyl (C=O) groups is 2. The van der Waals surface area contributed by atoms with Crippen molar-refractivity contribution in [1.29, 1.82) is 0 Å². The smallest absolute Gasteiger partial charge is 0.305 e. The van der Waals surface area contributed by atoms with Crippen LogP contribution in [0, 0.1) is 0 Å². The number of esters is 1. The summed E-state index contributed by atoms with van der Waals surface area (Å²) in [6, 6.07) is 12.8. The molecule has 0 bridgehead atoms. The average molecular weight is 539 g/mol. The highest BCUT2D eigenvalue weighted by atomic mass is 35.5. The van der Waals surface area contributed by atoms with Crippen molar-refractivity contribution in [2.24, 2.45) is 0 Å². The van der Waals surface area contributed by atoms with Crippen LogP contribution in [0.2, 0.25) is 10.0 Å². The Balaban J connectivity index is 1.59. The SMILES string of the molecule is CCOC(=O)CCCCCN1C(=O)/C(=C\c2ccccc2OCc2ccc(Cl)cc2Cl)SC1=S. The molecular weight excluding hydrogens is 513 g/mol. The molecule has 1 saturated heterocycles. The molecule has 1 amide bonds.